The average molecular weight is 398 g/mol. The Balaban J connectivity index is 2.02. The summed E-state index contributed by atoms with van der Waals surface area (Å²) >= 11 is 0. The molecule has 29 heavy (non-hydrogen) atoms. The highest BCUT2D eigenvalue weighted by atomic mass is 16.5. The van der Waals surface area contributed by atoms with E-state index in [4.69, 9.17) is 14.2 Å². The van der Waals surface area contributed by atoms with Gasteiger partial charge >= 0.3 is 0 Å². The van der Waals surface area contributed by atoms with Crippen molar-refractivity contribution in [1.29, 1.82) is 0 Å². The molecule has 0 atom stereocenters. The van der Waals surface area contributed by atoms with Crippen molar-refractivity contribution in [3.8, 4) is 28.6 Å². The molecule has 8 nitrogen and oxygen atoms in total. The quantitative estimate of drug-likeness (QED) is 0.606. The van der Waals surface area contributed by atoms with E-state index in [-0.39, 0.29) is 5.91 Å². The van der Waals surface area contributed by atoms with Crippen LogP contribution in [0.2, 0.25) is 0 Å². The van der Waals surface area contributed by atoms with E-state index in [9.17, 15) is 4.79 Å². The number of hydrogen-bond donors (Lipinski definition) is 2. The van der Waals surface area contributed by atoms with E-state index in [0.717, 1.165) is 12.1 Å². The highest BCUT2D eigenvalue weighted by Crippen LogP contribution is 2.43. The zero-order valence-corrected chi connectivity index (χ0v) is 17.3. The second-order valence-corrected chi connectivity index (χ2v) is 6.73. The van der Waals surface area contributed by atoms with Crippen LogP contribution in [0.25, 0.3) is 22.4 Å². The zero-order chi connectivity index (χ0) is 21.0. The number of likely N-dealkylation sites (N-methyl/N-ethyl adjacent to an activating group) is 1. The Bertz CT molecular complexity index is 1010. The number of carbonyl (C=O) groups excluding carboxylic acids is 1. The summed E-state index contributed by atoms with van der Waals surface area (Å²) in [5, 5.41) is 2.93. The summed E-state index contributed by atoms with van der Waals surface area (Å²) in [6, 6.07) is 9.11. The molecule has 0 saturated heterocycles. The lowest BCUT2D eigenvalue weighted by atomic mass is 10.1. The molecule has 0 aliphatic heterocycles. The second-order valence-electron chi connectivity index (χ2n) is 6.73. The number of benzene rings is 2. The molecule has 1 amide bonds. The minimum absolute atomic E-state index is 0.158. The zero-order valence-electron chi connectivity index (χ0n) is 17.3. The smallest absolute Gasteiger partial charge is 0.253 e. The Morgan fingerprint density at radius 3 is 2.48 bits per heavy atom. The van der Waals surface area contributed by atoms with Gasteiger partial charge in [-0.15, -0.1) is 0 Å². The second kappa shape index (κ2) is 8.83. The summed E-state index contributed by atoms with van der Waals surface area (Å²) in [5.41, 5.74) is 2.59. The van der Waals surface area contributed by atoms with Gasteiger partial charge in [-0.25, -0.2) is 4.98 Å². The van der Waals surface area contributed by atoms with Crippen LogP contribution in [-0.4, -0.2) is 69.3 Å². The molecular weight excluding hydrogens is 372 g/mol. The third-order valence-electron chi connectivity index (χ3n) is 4.56. The molecule has 0 unspecified atom stereocenters. The number of nitrogens with zero attached hydrogens (tertiary/aromatic N) is 2. The highest BCUT2D eigenvalue weighted by molar-refractivity contribution is 6.05. The van der Waals surface area contributed by atoms with E-state index in [1.165, 1.54) is 0 Å². The summed E-state index contributed by atoms with van der Waals surface area (Å²) in [4.78, 5) is 22.6. The fourth-order valence-electron chi connectivity index (χ4n) is 3.12. The Morgan fingerprint density at radius 1 is 1.07 bits per heavy atom. The van der Waals surface area contributed by atoms with E-state index >= 15 is 0 Å². The molecule has 1 aromatic heterocycles. The lowest BCUT2D eigenvalue weighted by Crippen LogP contribution is -2.31. The third kappa shape index (κ3) is 4.12. The molecule has 0 aliphatic rings. The van der Waals surface area contributed by atoms with Gasteiger partial charge in [-0.1, -0.05) is 6.07 Å². The first kappa shape index (κ1) is 20.5. The molecule has 154 valence electrons. The minimum atomic E-state index is -0.158. The maximum atomic E-state index is 12.6. The molecule has 2 N–H and O–H groups in total. The number of amides is 1. The molecule has 0 bridgehead atoms. The van der Waals surface area contributed by atoms with Crippen molar-refractivity contribution in [3.63, 3.8) is 0 Å². The lowest BCUT2D eigenvalue weighted by molar-refractivity contribution is 0.0952. The predicted molar refractivity (Wildman–Crippen MR) is 112 cm³/mol. The van der Waals surface area contributed by atoms with E-state index in [1.807, 2.05) is 37.2 Å². The number of H-pyrrole nitrogens is 1. The number of fused-ring (bicyclic) bond motifs is 1. The molecule has 0 saturated carbocycles. The van der Waals surface area contributed by atoms with Gasteiger partial charge < -0.3 is 29.4 Å². The third-order valence-corrected chi connectivity index (χ3v) is 4.56. The molecule has 3 aromatic rings. The summed E-state index contributed by atoms with van der Waals surface area (Å²) < 4.78 is 16.4. The van der Waals surface area contributed by atoms with Gasteiger partial charge in [-0.05, 0) is 38.4 Å². The van der Waals surface area contributed by atoms with Crippen molar-refractivity contribution in [2.75, 3.05) is 48.5 Å². The number of aromatic nitrogens is 2. The molecule has 2 aromatic carbocycles. The number of imidazole rings is 1. The summed E-state index contributed by atoms with van der Waals surface area (Å²) in [6.45, 7) is 1.32. The maximum absolute atomic E-state index is 12.6. The monoisotopic (exact) mass is 398 g/mol. The Hall–Kier alpha value is -3.26. The van der Waals surface area contributed by atoms with Crippen molar-refractivity contribution in [1.82, 2.24) is 20.2 Å². The first-order valence-electron chi connectivity index (χ1n) is 9.21. The van der Waals surface area contributed by atoms with Gasteiger partial charge in [0.05, 0.1) is 38.0 Å². The van der Waals surface area contributed by atoms with Crippen LogP contribution in [0.1, 0.15) is 10.4 Å². The number of aromatic amines is 1. The van der Waals surface area contributed by atoms with Gasteiger partial charge in [0.25, 0.3) is 5.91 Å². The van der Waals surface area contributed by atoms with Gasteiger partial charge in [0, 0.05) is 13.1 Å². The number of ether oxygens (including phenoxy) is 3. The van der Waals surface area contributed by atoms with Crippen molar-refractivity contribution < 1.29 is 19.0 Å². The van der Waals surface area contributed by atoms with Crippen LogP contribution in [0.4, 0.5) is 0 Å². The van der Waals surface area contributed by atoms with Gasteiger partial charge in [0.1, 0.15) is 11.3 Å². The Kier molecular flexibility index (Phi) is 6.23. The van der Waals surface area contributed by atoms with E-state index in [2.05, 4.69) is 15.3 Å². The SMILES string of the molecule is COc1ccc(-c2nc3c(C(=O)NCCN(C)C)cccc3[nH]2)c(OC)c1OC. The fourth-order valence-corrected chi connectivity index (χ4v) is 3.12. The fraction of sp³-hybridized carbons (Fsp3) is 0.333. The van der Waals surface area contributed by atoms with E-state index in [1.54, 1.807) is 33.5 Å². The van der Waals surface area contributed by atoms with Crippen molar-refractivity contribution >= 4 is 16.9 Å². The van der Waals surface area contributed by atoms with Crippen molar-refractivity contribution in [2.45, 2.75) is 0 Å². The van der Waals surface area contributed by atoms with Crippen LogP contribution in [0.5, 0.6) is 17.2 Å². The highest BCUT2D eigenvalue weighted by Gasteiger charge is 2.20. The van der Waals surface area contributed by atoms with Crippen molar-refractivity contribution in [3.05, 3.63) is 35.9 Å². The standard InChI is InChI=1S/C21H26N4O4/c1-25(2)12-11-22-21(26)13-7-6-8-15-17(13)24-20(23-15)14-9-10-16(27-3)19(29-5)18(14)28-4/h6-10H,11-12H2,1-5H3,(H,22,26)(H,23,24). The van der Waals surface area contributed by atoms with Crippen LogP contribution in [-0.2, 0) is 0 Å². The number of nitrogens with one attached hydrogen (secondary N) is 2. The summed E-state index contributed by atoms with van der Waals surface area (Å²) in [7, 11) is 8.61. The number of carbonyl (C=O) groups is 1. The predicted octanol–water partition coefficient (Wildman–Crippen LogP) is 2.55. The van der Waals surface area contributed by atoms with Crippen LogP contribution < -0.4 is 19.5 Å². The first-order chi connectivity index (χ1) is 14.0. The Labute approximate surface area is 169 Å². The molecule has 1 heterocycles. The average Bonchev–Trinajstić information content (AvgIpc) is 3.16. The number of para-hydroxylation sites is 1. The molecule has 0 aliphatic carbocycles. The van der Waals surface area contributed by atoms with Crippen molar-refractivity contribution in [2.24, 2.45) is 0 Å². The van der Waals surface area contributed by atoms with Gasteiger partial charge in [-0.3, -0.25) is 4.79 Å². The van der Waals surface area contributed by atoms with E-state index < -0.39 is 0 Å². The summed E-state index contributed by atoms with van der Waals surface area (Å²) in [6.07, 6.45) is 0. The van der Waals surface area contributed by atoms with Gasteiger partial charge in [-0.2, -0.15) is 0 Å². The topological polar surface area (TPSA) is 88.7 Å². The number of hydrogen-bond acceptors (Lipinski definition) is 6. The van der Waals surface area contributed by atoms with Crippen LogP contribution in [0, 0.1) is 0 Å². The first-order valence-corrected chi connectivity index (χ1v) is 9.21. The molecule has 8 heteroatoms. The number of methoxy groups -OCH3 is 3. The normalized spacial score (nSPS) is 11.0. The van der Waals surface area contributed by atoms with Gasteiger partial charge in [0.2, 0.25) is 5.75 Å². The maximum Gasteiger partial charge on any atom is 0.253 e. The van der Waals surface area contributed by atoms with Gasteiger partial charge in [0.15, 0.2) is 11.5 Å². The molecule has 0 fully saturated rings. The largest absolute Gasteiger partial charge is 0.493 e. The molecule has 3 rings (SSSR count). The van der Waals surface area contributed by atoms with Crippen LogP contribution >= 0.6 is 0 Å². The minimum Gasteiger partial charge on any atom is -0.493 e. The molecular formula is C21H26N4O4. The Morgan fingerprint density at radius 2 is 1.83 bits per heavy atom. The van der Waals surface area contributed by atoms with Crippen LogP contribution in [0.15, 0.2) is 30.3 Å². The summed E-state index contributed by atoms with van der Waals surface area (Å²) in [5.74, 6) is 1.96. The number of rotatable bonds is 8. The van der Waals surface area contributed by atoms with Crippen LogP contribution in [0.3, 0.4) is 0 Å². The molecule has 0 radical (unpaired) electrons. The lowest BCUT2D eigenvalue weighted by Gasteiger charge is -2.14. The molecule has 0 spiro atoms. The van der Waals surface area contributed by atoms with E-state index in [0.29, 0.717) is 46.3 Å².